The molecule has 0 radical (unpaired) electrons. The molecular formula is C20H33NO. The van der Waals surface area contributed by atoms with Crippen LogP contribution in [0.1, 0.15) is 72.1 Å². The molecule has 0 aliphatic rings. The van der Waals surface area contributed by atoms with Gasteiger partial charge in [0.25, 0.3) is 0 Å². The molecule has 2 nitrogen and oxygen atoms in total. The molecule has 0 aromatic heterocycles. The highest BCUT2D eigenvalue weighted by Crippen LogP contribution is 2.20. The largest absolute Gasteiger partial charge is 0.486 e. The second-order valence-corrected chi connectivity index (χ2v) is 6.38. The van der Waals surface area contributed by atoms with Gasteiger partial charge in [0.2, 0.25) is 0 Å². The molecule has 0 aliphatic carbocycles. The molecule has 2 N–H and O–H groups in total. The third kappa shape index (κ3) is 8.76. The summed E-state index contributed by atoms with van der Waals surface area (Å²) in [5.74, 6) is 0.866. The van der Waals surface area contributed by atoms with Gasteiger partial charge in [-0.05, 0) is 44.9 Å². The standard InChI is InChI=1S/C20H33NO/c1-4-5-6-7-8-9-10-13-19(15-17(2)3)22-20-14-11-12-18(21)16-20/h11-12,14-16,19H,4-10,13,21H2,1-3H3. The van der Waals surface area contributed by atoms with E-state index in [0.717, 1.165) is 17.9 Å². The molecule has 1 unspecified atom stereocenters. The fourth-order valence-corrected chi connectivity index (χ4v) is 2.61. The highest BCUT2D eigenvalue weighted by Gasteiger charge is 2.07. The Morgan fingerprint density at radius 1 is 1.09 bits per heavy atom. The van der Waals surface area contributed by atoms with E-state index in [-0.39, 0.29) is 6.10 Å². The number of hydrogen-bond acceptors (Lipinski definition) is 2. The van der Waals surface area contributed by atoms with Crippen molar-refractivity contribution < 1.29 is 4.74 Å². The lowest BCUT2D eigenvalue weighted by molar-refractivity contribution is 0.232. The molecule has 0 saturated heterocycles. The highest BCUT2D eigenvalue weighted by molar-refractivity contribution is 5.43. The van der Waals surface area contributed by atoms with Crippen molar-refractivity contribution in [2.75, 3.05) is 5.73 Å². The van der Waals surface area contributed by atoms with E-state index < -0.39 is 0 Å². The van der Waals surface area contributed by atoms with Crippen LogP contribution in [0.2, 0.25) is 0 Å². The van der Waals surface area contributed by atoms with E-state index in [9.17, 15) is 0 Å². The fourth-order valence-electron chi connectivity index (χ4n) is 2.61. The molecule has 1 aromatic carbocycles. The summed E-state index contributed by atoms with van der Waals surface area (Å²) in [5.41, 5.74) is 7.88. The van der Waals surface area contributed by atoms with Gasteiger partial charge in [0.15, 0.2) is 0 Å². The molecule has 0 saturated carbocycles. The summed E-state index contributed by atoms with van der Waals surface area (Å²) in [6.07, 6.45) is 12.8. The molecule has 0 amide bonds. The van der Waals surface area contributed by atoms with Gasteiger partial charge < -0.3 is 10.5 Å². The first-order chi connectivity index (χ1) is 10.6. The molecule has 124 valence electrons. The van der Waals surface area contributed by atoms with Crippen LogP contribution >= 0.6 is 0 Å². The minimum Gasteiger partial charge on any atom is -0.486 e. The molecule has 0 aliphatic heterocycles. The average molecular weight is 303 g/mol. The molecule has 2 heteroatoms. The van der Waals surface area contributed by atoms with Crippen molar-refractivity contribution in [3.8, 4) is 5.75 Å². The molecule has 0 bridgehead atoms. The Bertz CT molecular complexity index is 435. The highest BCUT2D eigenvalue weighted by atomic mass is 16.5. The van der Waals surface area contributed by atoms with E-state index >= 15 is 0 Å². The van der Waals surface area contributed by atoms with Gasteiger partial charge >= 0.3 is 0 Å². The smallest absolute Gasteiger partial charge is 0.122 e. The third-order valence-electron chi connectivity index (χ3n) is 3.76. The van der Waals surface area contributed by atoms with E-state index in [1.54, 1.807) is 0 Å². The Labute approximate surface area is 136 Å². The SMILES string of the molecule is CCCCCCCCCC(C=C(C)C)Oc1cccc(N)c1. The number of unbranched alkanes of at least 4 members (excludes halogenated alkanes) is 6. The summed E-state index contributed by atoms with van der Waals surface area (Å²) < 4.78 is 6.09. The fraction of sp³-hybridized carbons (Fsp3) is 0.600. The number of allylic oxidation sites excluding steroid dienone is 1. The van der Waals surface area contributed by atoms with Crippen LogP contribution in [-0.4, -0.2) is 6.10 Å². The maximum absolute atomic E-state index is 6.09. The van der Waals surface area contributed by atoms with Crippen molar-refractivity contribution in [1.82, 2.24) is 0 Å². The Morgan fingerprint density at radius 3 is 2.41 bits per heavy atom. The van der Waals surface area contributed by atoms with E-state index in [1.807, 2.05) is 24.3 Å². The first-order valence-corrected chi connectivity index (χ1v) is 8.79. The number of anilines is 1. The van der Waals surface area contributed by atoms with Gasteiger partial charge in [-0.1, -0.05) is 57.1 Å². The quantitative estimate of drug-likeness (QED) is 0.303. The van der Waals surface area contributed by atoms with Gasteiger partial charge in [0.05, 0.1) is 0 Å². The predicted octanol–water partition coefficient (Wildman–Crippen LogP) is 6.12. The van der Waals surface area contributed by atoms with Crippen molar-refractivity contribution >= 4 is 5.69 Å². The number of benzene rings is 1. The predicted molar refractivity (Wildman–Crippen MR) is 97.3 cm³/mol. The Balaban J connectivity index is 2.37. The van der Waals surface area contributed by atoms with Crippen molar-refractivity contribution in [3.05, 3.63) is 35.9 Å². The number of hydrogen-bond donors (Lipinski definition) is 1. The molecule has 0 spiro atoms. The van der Waals surface area contributed by atoms with Gasteiger partial charge in [0, 0.05) is 11.8 Å². The molecule has 0 heterocycles. The summed E-state index contributed by atoms with van der Waals surface area (Å²) in [7, 11) is 0. The lowest BCUT2D eigenvalue weighted by atomic mass is 10.1. The van der Waals surface area contributed by atoms with Crippen molar-refractivity contribution in [3.63, 3.8) is 0 Å². The lowest BCUT2D eigenvalue weighted by Gasteiger charge is -2.17. The summed E-state index contributed by atoms with van der Waals surface area (Å²) in [5, 5.41) is 0. The zero-order valence-corrected chi connectivity index (χ0v) is 14.6. The monoisotopic (exact) mass is 303 g/mol. The van der Waals surface area contributed by atoms with Crippen LogP contribution in [0.4, 0.5) is 5.69 Å². The number of ether oxygens (including phenoxy) is 1. The van der Waals surface area contributed by atoms with E-state index in [4.69, 9.17) is 10.5 Å². The van der Waals surface area contributed by atoms with Crippen LogP contribution in [0.25, 0.3) is 0 Å². The Kier molecular flexibility index (Phi) is 9.45. The number of nitrogens with two attached hydrogens (primary N) is 1. The van der Waals surface area contributed by atoms with Gasteiger partial charge in [-0.3, -0.25) is 0 Å². The first kappa shape index (κ1) is 18.6. The summed E-state index contributed by atoms with van der Waals surface area (Å²) in [6, 6.07) is 7.71. The lowest BCUT2D eigenvalue weighted by Crippen LogP contribution is -2.14. The number of nitrogen functional groups attached to an aromatic ring is 1. The Morgan fingerprint density at radius 2 is 1.77 bits per heavy atom. The molecular weight excluding hydrogens is 270 g/mol. The molecule has 1 aromatic rings. The molecule has 0 fully saturated rings. The number of rotatable bonds is 11. The zero-order valence-electron chi connectivity index (χ0n) is 14.6. The molecule has 1 rings (SSSR count). The Hall–Kier alpha value is -1.44. The van der Waals surface area contributed by atoms with Crippen LogP contribution in [0.15, 0.2) is 35.9 Å². The average Bonchev–Trinajstić information content (AvgIpc) is 2.45. The van der Waals surface area contributed by atoms with Gasteiger partial charge in [0.1, 0.15) is 11.9 Å². The third-order valence-corrected chi connectivity index (χ3v) is 3.76. The second kappa shape index (κ2) is 11.2. The van der Waals surface area contributed by atoms with E-state index in [1.165, 1.54) is 50.5 Å². The van der Waals surface area contributed by atoms with Gasteiger partial charge in [-0.2, -0.15) is 0 Å². The zero-order chi connectivity index (χ0) is 16.2. The maximum atomic E-state index is 6.09. The van der Waals surface area contributed by atoms with E-state index in [0.29, 0.717) is 0 Å². The minimum atomic E-state index is 0.155. The minimum absolute atomic E-state index is 0.155. The summed E-state index contributed by atoms with van der Waals surface area (Å²) in [6.45, 7) is 6.51. The maximum Gasteiger partial charge on any atom is 0.122 e. The molecule has 1 atom stereocenters. The van der Waals surface area contributed by atoms with Crippen LogP contribution < -0.4 is 10.5 Å². The van der Waals surface area contributed by atoms with Crippen LogP contribution in [-0.2, 0) is 0 Å². The van der Waals surface area contributed by atoms with Gasteiger partial charge in [-0.25, -0.2) is 0 Å². The second-order valence-electron chi connectivity index (χ2n) is 6.38. The van der Waals surface area contributed by atoms with Crippen molar-refractivity contribution in [2.24, 2.45) is 0 Å². The van der Waals surface area contributed by atoms with Crippen LogP contribution in [0, 0.1) is 0 Å². The van der Waals surface area contributed by atoms with Crippen molar-refractivity contribution in [2.45, 2.75) is 78.2 Å². The topological polar surface area (TPSA) is 35.2 Å². The summed E-state index contributed by atoms with van der Waals surface area (Å²) in [4.78, 5) is 0. The summed E-state index contributed by atoms with van der Waals surface area (Å²) >= 11 is 0. The van der Waals surface area contributed by atoms with Crippen molar-refractivity contribution in [1.29, 1.82) is 0 Å². The molecule has 22 heavy (non-hydrogen) atoms. The van der Waals surface area contributed by atoms with Crippen LogP contribution in [0.3, 0.4) is 0 Å². The normalized spacial score (nSPS) is 12.0. The van der Waals surface area contributed by atoms with E-state index in [2.05, 4.69) is 26.8 Å². The first-order valence-electron chi connectivity index (χ1n) is 8.79. The van der Waals surface area contributed by atoms with Gasteiger partial charge in [-0.15, -0.1) is 0 Å². The van der Waals surface area contributed by atoms with Crippen LogP contribution in [0.5, 0.6) is 5.75 Å².